The highest BCUT2D eigenvalue weighted by atomic mass is 19.1. The summed E-state index contributed by atoms with van der Waals surface area (Å²) in [6.45, 7) is 4.01. The van der Waals surface area contributed by atoms with Crippen LogP contribution >= 0.6 is 0 Å². The Morgan fingerprint density at radius 1 is 1.33 bits per heavy atom. The minimum atomic E-state index is -0.321. The molecule has 27 heavy (non-hydrogen) atoms. The molecule has 4 rings (SSSR count). The fraction of sp³-hybridized carbons (Fsp3) is 0.500. The third-order valence-corrected chi connectivity index (χ3v) is 5.57. The zero-order valence-electron chi connectivity index (χ0n) is 16.0. The van der Waals surface area contributed by atoms with Crippen molar-refractivity contribution in [2.24, 2.45) is 0 Å². The van der Waals surface area contributed by atoms with Crippen LogP contribution in [0.15, 0.2) is 30.5 Å². The smallest absolute Gasteiger partial charge is 0.319 e. The lowest BCUT2D eigenvalue weighted by Gasteiger charge is -2.46. The molecule has 0 radical (unpaired) electrons. The summed E-state index contributed by atoms with van der Waals surface area (Å²) in [6, 6.07) is 6.64. The fourth-order valence-electron chi connectivity index (χ4n) is 4.18. The Balaban J connectivity index is 1.60. The number of ether oxygens (including phenoxy) is 1. The van der Waals surface area contributed by atoms with E-state index in [1.807, 2.05) is 17.9 Å². The lowest BCUT2D eigenvalue weighted by Crippen LogP contribution is -2.54. The van der Waals surface area contributed by atoms with Gasteiger partial charge in [0.1, 0.15) is 17.7 Å². The van der Waals surface area contributed by atoms with E-state index in [4.69, 9.17) is 4.74 Å². The number of nitrogens with zero attached hydrogens (tertiary/aromatic N) is 4. The number of rotatable bonds is 1. The van der Waals surface area contributed by atoms with Crippen molar-refractivity contribution < 1.29 is 13.9 Å². The van der Waals surface area contributed by atoms with E-state index in [2.05, 4.69) is 9.55 Å². The topological polar surface area (TPSA) is 50.6 Å². The molecule has 0 N–H and O–H groups in total. The first-order valence-corrected chi connectivity index (χ1v) is 9.34. The van der Waals surface area contributed by atoms with E-state index < -0.39 is 0 Å². The van der Waals surface area contributed by atoms with Crippen LogP contribution in [0.5, 0.6) is 0 Å². The van der Waals surface area contributed by atoms with E-state index in [-0.39, 0.29) is 23.6 Å². The second-order valence-corrected chi connectivity index (χ2v) is 7.71. The van der Waals surface area contributed by atoms with Crippen LogP contribution in [-0.4, -0.2) is 58.2 Å². The number of benzene rings is 1. The molecule has 3 heterocycles. The number of piperidine rings is 1. The first-order valence-electron chi connectivity index (χ1n) is 9.34. The fourth-order valence-corrected chi connectivity index (χ4v) is 4.18. The van der Waals surface area contributed by atoms with Crippen molar-refractivity contribution in [2.75, 3.05) is 27.2 Å². The number of hydrogen-bond donors (Lipinski definition) is 0. The van der Waals surface area contributed by atoms with Crippen LogP contribution in [0.2, 0.25) is 0 Å². The Labute approximate surface area is 158 Å². The van der Waals surface area contributed by atoms with Gasteiger partial charge in [0.2, 0.25) is 0 Å². The molecule has 2 aromatic rings. The first kappa shape index (κ1) is 18.0. The van der Waals surface area contributed by atoms with Crippen LogP contribution < -0.4 is 0 Å². The van der Waals surface area contributed by atoms with Crippen molar-refractivity contribution >= 4 is 6.03 Å². The zero-order valence-corrected chi connectivity index (χ0v) is 16.0. The molecule has 0 aliphatic carbocycles. The van der Waals surface area contributed by atoms with E-state index in [1.54, 1.807) is 31.3 Å². The van der Waals surface area contributed by atoms with Gasteiger partial charge in [-0.2, -0.15) is 0 Å². The summed E-state index contributed by atoms with van der Waals surface area (Å²) in [4.78, 5) is 20.2. The number of fused-ring (bicyclic) bond motifs is 1. The molecule has 6 nitrogen and oxygen atoms in total. The van der Waals surface area contributed by atoms with Crippen LogP contribution in [0.4, 0.5) is 9.18 Å². The third kappa shape index (κ3) is 3.20. The summed E-state index contributed by atoms with van der Waals surface area (Å²) < 4.78 is 22.3. The van der Waals surface area contributed by atoms with Crippen LogP contribution in [0.3, 0.4) is 0 Å². The quantitative estimate of drug-likeness (QED) is 0.772. The zero-order chi connectivity index (χ0) is 19.2. The lowest BCUT2D eigenvalue weighted by atomic mass is 9.89. The highest BCUT2D eigenvalue weighted by molar-refractivity contribution is 5.73. The molecule has 1 spiro atoms. The summed E-state index contributed by atoms with van der Waals surface area (Å²) in [7, 11) is 3.55. The number of halogens is 1. The molecule has 2 aliphatic rings. The lowest BCUT2D eigenvalue weighted by molar-refractivity contribution is -0.145. The molecule has 144 valence electrons. The van der Waals surface area contributed by atoms with Crippen molar-refractivity contribution in [1.29, 1.82) is 0 Å². The van der Waals surface area contributed by atoms with Gasteiger partial charge in [0.05, 0.1) is 24.0 Å². The number of aromatic nitrogens is 2. The minimum absolute atomic E-state index is 0.0393. The van der Waals surface area contributed by atoms with Crippen molar-refractivity contribution in [3.8, 4) is 11.3 Å². The summed E-state index contributed by atoms with van der Waals surface area (Å²) in [6.07, 6.45) is 3.21. The molecular formula is C20H25FN4O2. The molecule has 2 amide bonds. The van der Waals surface area contributed by atoms with Crippen LogP contribution in [-0.2, 0) is 11.3 Å². The molecule has 0 saturated carbocycles. The van der Waals surface area contributed by atoms with Gasteiger partial charge in [0.15, 0.2) is 0 Å². The first-order chi connectivity index (χ1) is 12.9. The normalized spacial score (nSPS) is 21.2. The predicted molar refractivity (Wildman–Crippen MR) is 99.7 cm³/mol. The van der Waals surface area contributed by atoms with Gasteiger partial charge in [-0.15, -0.1) is 0 Å². The van der Waals surface area contributed by atoms with E-state index >= 15 is 0 Å². The number of carbonyl (C=O) groups is 1. The van der Waals surface area contributed by atoms with Gasteiger partial charge in [-0.1, -0.05) is 12.1 Å². The Morgan fingerprint density at radius 3 is 2.74 bits per heavy atom. The van der Waals surface area contributed by atoms with Gasteiger partial charge in [0.25, 0.3) is 0 Å². The molecular weight excluding hydrogens is 347 g/mol. The van der Waals surface area contributed by atoms with Gasteiger partial charge < -0.3 is 19.1 Å². The standard InChI is InChI=1S/C20H25FN4O2/c1-14-18-22-12-17(15-5-4-6-16(21)11-15)25(18)13-20(27-14)7-9-24(10-8-20)19(26)23(2)3/h4-6,11-12,14H,7-10,13H2,1-3H3/t14-/m0/s1. The highest BCUT2D eigenvalue weighted by Crippen LogP contribution is 2.40. The predicted octanol–water partition coefficient (Wildman–Crippen LogP) is 3.30. The van der Waals surface area contributed by atoms with Gasteiger partial charge in [-0.3, -0.25) is 0 Å². The Hall–Kier alpha value is -2.41. The average molecular weight is 372 g/mol. The SMILES string of the molecule is C[C@@H]1OC2(CCN(C(=O)N(C)C)CC2)Cn2c(-c3cccc(F)c3)cnc21. The molecule has 1 saturated heterocycles. The second-order valence-electron chi connectivity index (χ2n) is 7.71. The average Bonchev–Trinajstić information content (AvgIpc) is 3.05. The minimum Gasteiger partial charge on any atom is -0.362 e. The third-order valence-electron chi connectivity index (χ3n) is 5.57. The van der Waals surface area contributed by atoms with Crippen LogP contribution in [0.25, 0.3) is 11.3 Å². The molecule has 7 heteroatoms. The molecule has 0 bridgehead atoms. The summed E-state index contributed by atoms with van der Waals surface area (Å²) in [5.74, 6) is 0.611. The molecule has 1 aromatic heterocycles. The van der Waals surface area contributed by atoms with E-state index in [0.29, 0.717) is 19.6 Å². The molecule has 0 unspecified atom stereocenters. The highest BCUT2D eigenvalue weighted by Gasteiger charge is 2.43. The second kappa shape index (κ2) is 6.64. The molecule has 2 aliphatic heterocycles. The van der Waals surface area contributed by atoms with E-state index in [9.17, 15) is 9.18 Å². The Morgan fingerprint density at radius 2 is 2.07 bits per heavy atom. The maximum absolute atomic E-state index is 13.7. The largest absolute Gasteiger partial charge is 0.362 e. The van der Waals surface area contributed by atoms with Gasteiger partial charge in [0, 0.05) is 32.7 Å². The summed E-state index contributed by atoms with van der Waals surface area (Å²) in [5, 5.41) is 0. The molecule has 1 aromatic carbocycles. The number of hydrogen-bond acceptors (Lipinski definition) is 3. The maximum Gasteiger partial charge on any atom is 0.319 e. The van der Waals surface area contributed by atoms with E-state index in [1.165, 1.54) is 12.1 Å². The van der Waals surface area contributed by atoms with Crippen LogP contribution in [0, 0.1) is 5.82 Å². The summed E-state index contributed by atoms with van der Waals surface area (Å²) in [5.41, 5.74) is 1.40. The summed E-state index contributed by atoms with van der Waals surface area (Å²) >= 11 is 0. The number of likely N-dealkylation sites (tertiary alicyclic amines) is 1. The maximum atomic E-state index is 13.7. The van der Waals surface area contributed by atoms with Crippen LogP contribution in [0.1, 0.15) is 31.7 Å². The van der Waals surface area contributed by atoms with Crippen molar-refractivity contribution in [3.05, 3.63) is 42.1 Å². The molecule has 1 atom stereocenters. The number of urea groups is 1. The van der Waals surface area contributed by atoms with Gasteiger partial charge >= 0.3 is 6.03 Å². The van der Waals surface area contributed by atoms with Crippen molar-refractivity contribution in [2.45, 2.75) is 38.0 Å². The van der Waals surface area contributed by atoms with Gasteiger partial charge in [-0.25, -0.2) is 14.2 Å². The Kier molecular flexibility index (Phi) is 4.42. The number of carbonyl (C=O) groups excluding carboxylic acids is 1. The molecule has 1 fully saturated rings. The monoisotopic (exact) mass is 372 g/mol. The van der Waals surface area contributed by atoms with Crippen molar-refractivity contribution in [3.63, 3.8) is 0 Å². The Bertz CT molecular complexity index is 855. The number of amides is 2. The number of imidazole rings is 1. The van der Waals surface area contributed by atoms with Gasteiger partial charge in [-0.05, 0) is 31.9 Å². The van der Waals surface area contributed by atoms with E-state index in [0.717, 1.165) is 29.9 Å². The van der Waals surface area contributed by atoms with Crippen molar-refractivity contribution in [1.82, 2.24) is 19.4 Å².